The molecule has 0 rings (SSSR count). The second-order valence-corrected chi connectivity index (χ2v) is 1.28. The Hall–Kier alpha value is -0.500. The van der Waals surface area contributed by atoms with Gasteiger partial charge < -0.3 is 0 Å². The average molecular weight is 101 g/mol. The summed E-state index contributed by atoms with van der Waals surface area (Å²) < 4.78 is 0. The van der Waals surface area contributed by atoms with Crippen LogP contribution in [0.5, 0.6) is 0 Å². The summed E-state index contributed by atoms with van der Waals surface area (Å²) in [4.78, 5) is 4.58. The summed E-state index contributed by atoms with van der Waals surface area (Å²) in [5, 5.41) is 0. The summed E-state index contributed by atoms with van der Waals surface area (Å²) in [6.07, 6.45) is 1.93. The van der Waals surface area contributed by atoms with E-state index in [1.807, 2.05) is 19.9 Å². The lowest BCUT2D eigenvalue weighted by molar-refractivity contribution is 0.118. The summed E-state index contributed by atoms with van der Waals surface area (Å²) in [7, 11) is 1.59. The predicted octanol–water partition coefficient (Wildman–Crippen LogP) is 1.06. The Bertz CT molecular complexity index is 68.5. The number of hydrogen-bond acceptors (Lipinski definition) is 2. The first kappa shape index (κ1) is 6.50. The largest absolute Gasteiger partial charge is 0.280 e. The summed E-state index contributed by atoms with van der Waals surface area (Å²) >= 11 is 0. The van der Waals surface area contributed by atoms with Crippen molar-refractivity contribution in [1.82, 2.24) is 5.48 Å². The minimum Gasteiger partial charge on any atom is -0.280 e. The van der Waals surface area contributed by atoms with Crippen LogP contribution in [0.15, 0.2) is 11.8 Å². The first-order valence-electron chi connectivity index (χ1n) is 2.23. The minimum absolute atomic E-state index is 1.03. The van der Waals surface area contributed by atoms with E-state index in [4.69, 9.17) is 0 Å². The fourth-order valence-corrected chi connectivity index (χ4v) is 0.220. The molecule has 0 aliphatic heterocycles. The third-order valence-corrected chi connectivity index (χ3v) is 0.696. The number of hydrogen-bond donors (Lipinski definition) is 1. The SMILES string of the molecule is C/C=C(/C)NOC. The van der Waals surface area contributed by atoms with Gasteiger partial charge in [-0.15, -0.1) is 0 Å². The molecular formula is C5H11NO. The van der Waals surface area contributed by atoms with Crippen LogP contribution in [0.4, 0.5) is 0 Å². The Morgan fingerprint density at radius 3 is 2.43 bits per heavy atom. The van der Waals surface area contributed by atoms with E-state index in [1.165, 1.54) is 0 Å². The smallest absolute Gasteiger partial charge is 0.0636 e. The molecule has 0 radical (unpaired) electrons. The molecular weight excluding hydrogens is 90.1 g/mol. The third kappa shape index (κ3) is 3.33. The molecule has 0 aromatic rings. The van der Waals surface area contributed by atoms with Gasteiger partial charge in [0.1, 0.15) is 0 Å². The Morgan fingerprint density at radius 2 is 2.29 bits per heavy atom. The van der Waals surface area contributed by atoms with Crippen molar-refractivity contribution in [2.45, 2.75) is 13.8 Å². The van der Waals surface area contributed by atoms with Crippen LogP contribution in [0.3, 0.4) is 0 Å². The van der Waals surface area contributed by atoms with Gasteiger partial charge in [0.05, 0.1) is 7.11 Å². The summed E-state index contributed by atoms with van der Waals surface area (Å²) in [6, 6.07) is 0. The molecule has 0 unspecified atom stereocenters. The topological polar surface area (TPSA) is 21.3 Å². The molecule has 0 fully saturated rings. The molecule has 0 aromatic heterocycles. The van der Waals surface area contributed by atoms with Crippen LogP contribution in [0.25, 0.3) is 0 Å². The van der Waals surface area contributed by atoms with Gasteiger partial charge in [-0.05, 0) is 13.8 Å². The third-order valence-electron chi connectivity index (χ3n) is 0.696. The number of hydroxylamine groups is 1. The second-order valence-electron chi connectivity index (χ2n) is 1.28. The normalized spacial score (nSPS) is 11.6. The molecule has 0 amide bonds. The van der Waals surface area contributed by atoms with Gasteiger partial charge >= 0.3 is 0 Å². The maximum atomic E-state index is 4.58. The molecule has 42 valence electrons. The zero-order valence-electron chi connectivity index (χ0n) is 4.99. The van der Waals surface area contributed by atoms with E-state index in [1.54, 1.807) is 7.11 Å². The molecule has 0 aliphatic carbocycles. The maximum Gasteiger partial charge on any atom is 0.0636 e. The van der Waals surface area contributed by atoms with Gasteiger partial charge in [-0.25, -0.2) is 0 Å². The molecule has 0 spiro atoms. The van der Waals surface area contributed by atoms with Crippen LogP contribution in [-0.4, -0.2) is 7.11 Å². The highest BCUT2D eigenvalue weighted by Crippen LogP contribution is 1.80. The molecule has 7 heavy (non-hydrogen) atoms. The lowest BCUT2D eigenvalue weighted by Gasteiger charge is -1.98. The first-order valence-corrected chi connectivity index (χ1v) is 2.23. The Kier molecular flexibility index (Phi) is 3.42. The molecule has 2 nitrogen and oxygen atoms in total. The van der Waals surface area contributed by atoms with Gasteiger partial charge in [-0.1, -0.05) is 6.08 Å². The van der Waals surface area contributed by atoms with Crippen molar-refractivity contribution in [1.29, 1.82) is 0 Å². The zero-order valence-corrected chi connectivity index (χ0v) is 4.99. The van der Waals surface area contributed by atoms with Crippen molar-refractivity contribution in [2.75, 3.05) is 7.11 Å². The standard InChI is InChI=1S/C5H11NO/c1-4-5(2)6-7-3/h4,6H,1-3H3/b5-4-. The molecule has 0 aliphatic rings. The van der Waals surface area contributed by atoms with Gasteiger partial charge in [-0.3, -0.25) is 10.3 Å². The van der Waals surface area contributed by atoms with E-state index in [0.717, 1.165) is 5.70 Å². The van der Waals surface area contributed by atoms with Gasteiger partial charge in [0.15, 0.2) is 0 Å². The van der Waals surface area contributed by atoms with Crippen LogP contribution in [0, 0.1) is 0 Å². The van der Waals surface area contributed by atoms with Crippen LogP contribution in [0.1, 0.15) is 13.8 Å². The second kappa shape index (κ2) is 3.68. The summed E-state index contributed by atoms with van der Waals surface area (Å²) in [6.45, 7) is 3.88. The quantitative estimate of drug-likeness (QED) is 0.525. The molecule has 1 N–H and O–H groups in total. The van der Waals surface area contributed by atoms with Gasteiger partial charge in [-0.2, -0.15) is 0 Å². The number of allylic oxidation sites excluding steroid dienone is 2. The predicted molar refractivity (Wildman–Crippen MR) is 29.6 cm³/mol. The Balaban J connectivity index is 3.17. The van der Waals surface area contributed by atoms with E-state index < -0.39 is 0 Å². The molecule has 0 heterocycles. The molecule has 0 saturated heterocycles. The van der Waals surface area contributed by atoms with Gasteiger partial charge in [0.2, 0.25) is 0 Å². The summed E-state index contributed by atoms with van der Waals surface area (Å²) in [5.74, 6) is 0. The maximum absolute atomic E-state index is 4.58. The molecule has 2 heteroatoms. The van der Waals surface area contributed by atoms with E-state index in [2.05, 4.69) is 10.3 Å². The van der Waals surface area contributed by atoms with E-state index in [9.17, 15) is 0 Å². The van der Waals surface area contributed by atoms with E-state index in [0.29, 0.717) is 0 Å². The number of nitrogens with one attached hydrogen (secondary N) is 1. The van der Waals surface area contributed by atoms with Crippen molar-refractivity contribution in [3.05, 3.63) is 11.8 Å². The van der Waals surface area contributed by atoms with E-state index in [-0.39, 0.29) is 0 Å². The Morgan fingerprint density at radius 1 is 1.71 bits per heavy atom. The minimum atomic E-state index is 1.03. The fraction of sp³-hybridized carbons (Fsp3) is 0.600. The molecule has 0 saturated carbocycles. The van der Waals surface area contributed by atoms with Crippen molar-refractivity contribution < 1.29 is 4.84 Å². The van der Waals surface area contributed by atoms with E-state index >= 15 is 0 Å². The molecule has 0 atom stereocenters. The number of rotatable bonds is 2. The molecule has 0 bridgehead atoms. The highest BCUT2D eigenvalue weighted by atomic mass is 16.6. The van der Waals surface area contributed by atoms with Crippen molar-refractivity contribution in [2.24, 2.45) is 0 Å². The van der Waals surface area contributed by atoms with Crippen LogP contribution >= 0.6 is 0 Å². The van der Waals surface area contributed by atoms with Crippen molar-refractivity contribution in [3.63, 3.8) is 0 Å². The lowest BCUT2D eigenvalue weighted by Crippen LogP contribution is -2.07. The first-order chi connectivity index (χ1) is 3.31. The van der Waals surface area contributed by atoms with Gasteiger partial charge in [0.25, 0.3) is 0 Å². The monoisotopic (exact) mass is 101 g/mol. The highest BCUT2D eigenvalue weighted by Gasteiger charge is 1.75. The van der Waals surface area contributed by atoms with Crippen molar-refractivity contribution >= 4 is 0 Å². The average Bonchev–Trinajstić information content (AvgIpc) is 1.68. The fourth-order valence-electron chi connectivity index (χ4n) is 0.220. The van der Waals surface area contributed by atoms with Crippen LogP contribution in [-0.2, 0) is 4.84 Å². The van der Waals surface area contributed by atoms with Crippen molar-refractivity contribution in [3.8, 4) is 0 Å². The Labute approximate surface area is 44.1 Å². The van der Waals surface area contributed by atoms with Crippen LogP contribution in [0.2, 0.25) is 0 Å². The lowest BCUT2D eigenvalue weighted by atomic mass is 10.5. The summed E-state index contributed by atoms with van der Waals surface area (Å²) in [5.41, 5.74) is 3.69. The zero-order chi connectivity index (χ0) is 5.70. The van der Waals surface area contributed by atoms with Gasteiger partial charge in [0, 0.05) is 5.70 Å². The van der Waals surface area contributed by atoms with Crippen LogP contribution < -0.4 is 5.48 Å². The highest BCUT2D eigenvalue weighted by molar-refractivity contribution is 4.88. The molecule has 0 aromatic carbocycles.